The van der Waals surface area contributed by atoms with Gasteiger partial charge < -0.3 is 14.8 Å². The number of anilines is 1. The second kappa shape index (κ2) is 9.01. The molecule has 0 spiro atoms. The molecule has 1 heterocycles. The van der Waals surface area contributed by atoms with Crippen LogP contribution in [0, 0.1) is 0 Å². The maximum Gasteiger partial charge on any atom is 0.258 e. The molecule has 0 bridgehead atoms. The zero-order valence-corrected chi connectivity index (χ0v) is 14.8. The molecule has 2 N–H and O–H groups in total. The number of methoxy groups -OCH3 is 1. The van der Waals surface area contributed by atoms with Crippen LogP contribution < -0.4 is 15.4 Å². The van der Waals surface area contributed by atoms with Crippen molar-refractivity contribution in [3.8, 4) is 5.75 Å². The molecule has 1 amide bonds. The Morgan fingerprint density at radius 2 is 2.08 bits per heavy atom. The molecule has 1 aliphatic rings. The molecule has 1 aliphatic heterocycles. The van der Waals surface area contributed by atoms with Crippen molar-refractivity contribution in [2.45, 2.75) is 18.9 Å². The van der Waals surface area contributed by atoms with Gasteiger partial charge in [0.2, 0.25) is 5.96 Å². The van der Waals surface area contributed by atoms with Gasteiger partial charge in [0, 0.05) is 17.9 Å². The van der Waals surface area contributed by atoms with Crippen LogP contribution in [-0.2, 0) is 4.74 Å². The Balaban J connectivity index is 1.73. The molecule has 0 radical (unpaired) electrons. The summed E-state index contributed by atoms with van der Waals surface area (Å²) in [5.74, 6) is 0.782. The van der Waals surface area contributed by atoms with E-state index in [2.05, 4.69) is 15.6 Å². The van der Waals surface area contributed by atoms with Crippen molar-refractivity contribution < 1.29 is 14.3 Å². The first-order valence-electron chi connectivity index (χ1n) is 8.68. The van der Waals surface area contributed by atoms with Crippen LogP contribution >= 0.6 is 0 Å². The third-order valence-corrected chi connectivity index (χ3v) is 4.08. The predicted octanol–water partition coefficient (Wildman–Crippen LogP) is 3.07. The van der Waals surface area contributed by atoms with Gasteiger partial charge in [0.1, 0.15) is 5.75 Å². The van der Waals surface area contributed by atoms with Crippen molar-refractivity contribution in [2.24, 2.45) is 4.99 Å². The molecule has 0 aromatic heterocycles. The van der Waals surface area contributed by atoms with Crippen LogP contribution in [0.5, 0.6) is 5.75 Å². The highest BCUT2D eigenvalue weighted by Crippen LogP contribution is 2.14. The molecule has 2 aromatic rings. The van der Waals surface area contributed by atoms with Gasteiger partial charge in [0.25, 0.3) is 5.91 Å². The predicted molar refractivity (Wildman–Crippen MR) is 102 cm³/mol. The molecule has 0 unspecified atom stereocenters. The fourth-order valence-electron chi connectivity index (χ4n) is 2.69. The lowest BCUT2D eigenvalue weighted by molar-refractivity contribution is 0.0975. The van der Waals surface area contributed by atoms with Crippen molar-refractivity contribution in [2.75, 3.05) is 25.6 Å². The number of carbonyl (C=O) groups is 1. The quantitative estimate of drug-likeness (QED) is 0.640. The second-order valence-electron chi connectivity index (χ2n) is 6.00. The van der Waals surface area contributed by atoms with Crippen LogP contribution in [0.1, 0.15) is 23.2 Å². The number of nitrogens with zero attached hydrogens (tertiary/aromatic N) is 1. The van der Waals surface area contributed by atoms with Gasteiger partial charge in [-0.05, 0) is 43.2 Å². The Kier molecular flexibility index (Phi) is 6.22. The lowest BCUT2D eigenvalue weighted by atomic mass is 10.2. The molecule has 2 aromatic carbocycles. The number of guanidine groups is 1. The zero-order valence-electron chi connectivity index (χ0n) is 14.8. The zero-order chi connectivity index (χ0) is 18.2. The minimum absolute atomic E-state index is 0.108. The van der Waals surface area contributed by atoms with E-state index in [1.807, 2.05) is 30.3 Å². The van der Waals surface area contributed by atoms with Gasteiger partial charge in [-0.2, -0.15) is 0 Å². The minimum atomic E-state index is -0.251. The summed E-state index contributed by atoms with van der Waals surface area (Å²) in [5.41, 5.74) is 1.36. The first kappa shape index (κ1) is 17.9. The van der Waals surface area contributed by atoms with Crippen molar-refractivity contribution in [3.05, 3.63) is 60.2 Å². The highest BCUT2D eigenvalue weighted by atomic mass is 16.5. The van der Waals surface area contributed by atoms with E-state index in [-0.39, 0.29) is 12.0 Å². The Morgan fingerprint density at radius 3 is 2.81 bits per heavy atom. The Labute approximate surface area is 153 Å². The summed E-state index contributed by atoms with van der Waals surface area (Å²) >= 11 is 0. The minimum Gasteiger partial charge on any atom is -0.497 e. The van der Waals surface area contributed by atoms with Crippen LogP contribution in [0.3, 0.4) is 0 Å². The number of rotatable bonds is 5. The Bertz CT molecular complexity index is 756. The third-order valence-electron chi connectivity index (χ3n) is 4.08. The average Bonchev–Trinajstić information content (AvgIpc) is 3.20. The van der Waals surface area contributed by atoms with Crippen LogP contribution in [0.25, 0.3) is 0 Å². The fourth-order valence-corrected chi connectivity index (χ4v) is 2.69. The molecule has 6 heteroatoms. The van der Waals surface area contributed by atoms with Crippen LogP contribution in [-0.4, -0.2) is 38.2 Å². The average molecular weight is 353 g/mol. The smallest absolute Gasteiger partial charge is 0.258 e. The number of hydrogen-bond acceptors (Lipinski definition) is 4. The molecule has 1 saturated heterocycles. The van der Waals surface area contributed by atoms with Crippen LogP contribution in [0.4, 0.5) is 5.69 Å². The first-order chi connectivity index (χ1) is 12.7. The monoisotopic (exact) mass is 353 g/mol. The first-order valence-corrected chi connectivity index (χ1v) is 8.68. The fraction of sp³-hybridized carbons (Fsp3) is 0.300. The van der Waals surface area contributed by atoms with E-state index in [4.69, 9.17) is 9.47 Å². The number of ether oxygens (including phenoxy) is 2. The van der Waals surface area contributed by atoms with E-state index in [9.17, 15) is 4.79 Å². The number of amides is 1. The van der Waals surface area contributed by atoms with Gasteiger partial charge in [0.05, 0.1) is 19.8 Å². The number of aliphatic imine (C=N–C) groups is 1. The van der Waals surface area contributed by atoms with Crippen LogP contribution in [0.15, 0.2) is 59.6 Å². The molecule has 0 saturated carbocycles. The summed E-state index contributed by atoms with van der Waals surface area (Å²) in [6.45, 7) is 1.28. The van der Waals surface area contributed by atoms with E-state index in [0.29, 0.717) is 23.8 Å². The van der Waals surface area contributed by atoms with E-state index in [0.717, 1.165) is 25.1 Å². The molecule has 6 nitrogen and oxygen atoms in total. The summed E-state index contributed by atoms with van der Waals surface area (Å²) in [7, 11) is 1.57. The lowest BCUT2D eigenvalue weighted by Crippen LogP contribution is -2.36. The maximum atomic E-state index is 12.6. The van der Waals surface area contributed by atoms with Gasteiger partial charge in [-0.1, -0.05) is 24.3 Å². The topological polar surface area (TPSA) is 72.0 Å². The van der Waals surface area contributed by atoms with Crippen molar-refractivity contribution in [1.82, 2.24) is 5.32 Å². The molecule has 0 aliphatic carbocycles. The molecule has 136 valence electrons. The van der Waals surface area contributed by atoms with Crippen LogP contribution in [0.2, 0.25) is 0 Å². The number of para-hydroxylation sites is 1. The number of benzene rings is 2. The number of hydrogen-bond donors (Lipinski definition) is 2. The molecule has 3 rings (SSSR count). The summed E-state index contributed by atoms with van der Waals surface area (Å²) in [5, 5.41) is 6.01. The largest absolute Gasteiger partial charge is 0.497 e. The molecule has 1 fully saturated rings. The van der Waals surface area contributed by atoms with Crippen molar-refractivity contribution in [3.63, 3.8) is 0 Å². The van der Waals surface area contributed by atoms with Gasteiger partial charge in [-0.15, -0.1) is 0 Å². The summed E-state index contributed by atoms with van der Waals surface area (Å²) in [6.07, 6.45) is 2.15. The van der Waals surface area contributed by atoms with E-state index in [1.54, 1.807) is 31.4 Å². The summed E-state index contributed by atoms with van der Waals surface area (Å²) in [4.78, 5) is 17.1. The summed E-state index contributed by atoms with van der Waals surface area (Å²) < 4.78 is 10.8. The number of carbonyl (C=O) groups excluding carboxylic acids is 1. The molecular formula is C20H23N3O3. The SMILES string of the molecule is COc1cccc(C(=O)NC(=NC[C@@H]2CCCO2)Nc2ccccc2)c1. The van der Waals surface area contributed by atoms with Gasteiger partial charge in [-0.3, -0.25) is 10.1 Å². The standard InChI is InChI=1S/C20H23N3O3/c1-25-17-10-5-7-15(13-17)19(24)23-20(21-14-18-11-6-12-26-18)22-16-8-3-2-4-9-16/h2-5,7-10,13,18H,6,11-12,14H2,1H3,(H2,21,22,23,24)/t18-/m0/s1. The lowest BCUT2D eigenvalue weighted by Gasteiger charge is -2.13. The van der Waals surface area contributed by atoms with Gasteiger partial charge in [0.15, 0.2) is 0 Å². The normalized spacial score (nSPS) is 17.0. The Morgan fingerprint density at radius 1 is 1.23 bits per heavy atom. The summed E-state index contributed by atoms with van der Waals surface area (Å²) in [6, 6.07) is 16.6. The van der Waals surface area contributed by atoms with Gasteiger partial charge >= 0.3 is 0 Å². The second-order valence-corrected chi connectivity index (χ2v) is 6.00. The molecule has 26 heavy (non-hydrogen) atoms. The maximum absolute atomic E-state index is 12.6. The third kappa shape index (κ3) is 5.07. The Hall–Kier alpha value is -2.86. The highest BCUT2D eigenvalue weighted by Gasteiger charge is 2.16. The van der Waals surface area contributed by atoms with Gasteiger partial charge in [-0.25, -0.2) is 4.99 Å². The molecule has 1 atom stereocenters. The molecular weight excluding hydrogens is 330 g/mol. The van der Waals surface area contributed by atoms with E-state index in [1.165, 1.54) is 0 Å². The van der Waals surface area contributed by atoms with Crippen molar-refractivity contribution in [1.29, 1.82) is 0 Å². The van der Waals surface area contributed by atoms with Crippen molar-refractivity contribution >= 4 is 17.6 Å². The van der Waals surface area contributed by atoms with E-state index >= 15 is 0 Å². The highest BCUT2D eigenvalue weighted by molar-refractivity contribution is 6.10. The van der Waals surface area contributed by atoms with E-state index < -0.39 is 0 Å². The number of nitrogens with one attached hydrogen (secondary N) is 2.